The molecule has 0 saturated carbocycles. The third-order valence-electron chi connectivity index (χ3n) is 4.39. The Morgan fingerprint density at radius 2 is 1.90 bits per heavy atom. The molecule has 0 aromatic rings. The highest BCUT2D eigenvalue weighted by Crippen LogP contribution is 2.50. The number of hydrogen-bond donors (Lipinski definition) is 0. The Hall–Kier alpha value is -2.04. The quantitative estimate of drug-likeness (QED) is 0.479. The first-order valence-corrected chi connectivity index (χ1v) is 6.69. The van der Waals surface area contributed by atoms with Gasteiger partial charge in [-0.1, -0.05) is 24.3 Å². The molecule has 108 valence electrons. The lowest BCUT2D eigenvalue weighted by atomic mass is 9.68. The van der Waals surface area contributed by atoms with Crippen LogP contribution in [0.2, 0.25) is 0 Å². The van der Waals surface area contributed by atoms with Gasteiger partial charge in [0.05, 0.1) is 11.6 Å². The van der Waals surface area contributed by atoms with Crippen LogP contribution in [0.3, 0.4) is 0 Å². The summed E-state index contributed by atoms with van der Waals surface area (Å²) in [6, 6.07) is 0.00610. The number of halogens is 4. The second-order valence-electron chi connectivity index (χ2n) is 5.50. The van der Waals surface area contributed by atoms with Crippen molar-refractivity contribution in [2.45, 2.75) is 12.2 Å². The van der Waals surface area contributed by atoms with Crippen molar-refractivity contribution < 1.29 is 17.6 Å². The first-order valence-electron chi connectivity index (χ1n) is 6.69. The molecule has 0 radical (unpaired) electrons. The Labute approximate surface area is 118 Å². The van der Waals surface area contributed by atoms with Crippen molar-refractivity contribution >= 4 is 0 Å². The summed E-state index contributed by atoms with van der Waals surface area (Å²) in [6.45, 7) is 0. The molecule has 0 N–H and O–H groups in total. The number of alkyl halides is 3. The predicted molar refractivity (Wildman–Crippen MR) is 70.4 cm³/mol. The maximum Gasteiger partial charge on any atom is 0.416 e. The van der Waals surface area contributed by atoms with Gasteiger partial charge < -0.3 is 4.90 Å². The number of allylic oxidation sites excluding steroid dienone is 8. The monoisotopic (exact) mass is 293 g/mol. The first-order chi connectivity index (χ1) is 9.97. The predicted octanol–water partition coefficient (Wildman–Crippen LogP) is 4.17. The molecule has 2 aliphatic heterocycles. The highest BCUT2D eigenvalue weighted by Gasteiger charge is 2.47. The minimum absolute atomic E-state index is 0.00610. The van der Waals surface area contributed by atoms with E-state index >= 15 is 0 Å². The fraction of sp³-hybridized carbons (Fsp3) is 0.250. The van der Waals surface area contributed by atoms with Crippen LogP contribution in [0.4, 0.5) is 17.6 Å². The van der Waals surface area contributed by atoms with Gasteiger partial charge in [0.15, 0.2) is 0 Å². The normalized spacial score (nSPS) is 33.0. The first kappa shape index (κ1) is 12.7. The summed E-state index contributed by atoms with van der Waals surface area (Å²) in [5.74, 6) is -1.45. The fourth-order valence-electron chi connectivity index (χ4n) is 3.36. The minimum atomic E-state index is -4.52. The lowest BCUT2D eigenvalue weighted by Gasteiger charge is -2.49. The molecule has 0 spiro atoms. The zero-order chi connectivity index (χ0) is 14.8. The molecule has 3 unspecified atom stereocenters. The van der Waals surface area contributed by atoms with Crippen LogP contribution in [0.1, 0.15) is 0 Å². The van der Waals surface area contributed by atoms with E-state index in [1.807, 2.05) is 29.3 Å². The van der Waals surface area contributed by atoms with E-state index in [1.165, 1.54) is 0 Å². The molecule has 1 nitrogen and oxygen atoms in total. The Balaban J connectivity index is 1.88. The van der Waals surface area contributed by atoms with Gasteiger partial charge in [-0.05, 0) is 18.2 Å². The summed E-state index contributed by atoms with van der Waals surface area (Å²) in [5, 5.41) is 0. The Bertz CT molecular complexity index is 688. The molecule has 0 aromatic heterocycles. The van der Waals surface area contributed by atoms with Gasteiger partial charge in [0.25, 0.3) is 0 Å². The second kappa shape index (κ2) is 4.00. The molecule has 4 aliphatic rings. The molecule has 5 heteroatoms. The molecule has 2 heterocycles. The molecule has 2 aliphatic carbocycles. The molecule has 0 fully saturated rings. The Morgan fingerprint density at radius 1 is 1.10 bits per heavy atom. The van der Waals surface area contributed by atoms with E-state index in [0.29, 0.717) is 17.3 Å². The number of fused-ring (bicyclic) bond motifs is 5. The van der Waals surface area contributed by atoms with Gasteiger partial charge in [-0.3, -0.25) is 0 Å². The molecule has 0 aromatic carbocycles. The minimum Gasteiger partial charge on any atom is -0.340 e. The summed E-state index contributed by atoms with van der Waals surface area (Å²) in [6.07, 6.45) is 8.27. The van der Waals surface area contributed by atoms with Crippen LogP contribution in [0.5, 0.6) is 0 Å². The summed E-state index contributed by atoms with van der Waals surface area (Å²) >= 11 is 0. The number of nitrogens with zero attached hydrogens (tertiary/aromatic N) is 1. The van der Waals surface area contributed by atoms with Crippen LogP contribution in [0.15, 0.2) is 71.4 Å². The molecular weight excluding hydrogens is 282 g/mol. The van der Waals surface area contributed by atoms with Gasteiger partial charge in [-0.15, -0.1) is 0 Å². The summed E-state index contributed by atoms with van der Waals surface area (Å²) in [7, 11) is 0. The molecule has 0 amide bonds. The topological polar surface area (TPSA) is 3.24 Å². The zero-order valence-electron chi connectivity index (χ0n) is 10.8. The van der Waals surface area contributed by atoms with Gasteiger partial charge in [0.1, 0.15) is 5.83 Å². The number of rotatable bonds is 0. The van der Waals surface area contributed by atoms with Crippen LogP contribution in [-0.4, -0.2) is 17.1 Å². The van der Waals surface area contributed by atoms with Gasteiger partial charge in [-0.25, -0.2) is 4.39 Å². The van der Waals surface area contributed by atoms with Crippen molar-refractivity contribution in [3.8, 4) is 0 Å². The molecule has 0 bridgehead atoms. The van der Waals surface area contributed by atoms with Crippen LogP contribution in [-0.2, 0) is 0 Å². The largest absolute Gasteiger partial charge is 0.416 e. The van der Waals surface area contributed by atoms with Crippen molar-refractivity contribution in [1.82, 2.24) is 4.90 Å². The Kier molecular flexibility index (Phi) is 2.41. The third kappa shape index (κ3) is 1.69. The Morgan fingerprint density at radius 3 is 2.57 bits per heavy atom. The SMILES string of the molecule is FC1=CC(C(F)(F)F)=CC2C1=C1C=CC=CN1C1C=CC21. The molecule has 21 heavy (non-hydrogen) atoms. The summed E-state index contributed by atoms with van der Waals surface area (Å²) < 4.78 is 53.0. The molecule has 0 saturated heterocycles. The third-order valence-corrected chi connectivity index (χ3v) is 4.39. The van der Waals surface area contributed by atoms with Crippen molar-refractivity contribution in [1.29, 1.82) is 0 Å². The number of hydrogen-bond acceptors (Lipinski definition) is 1. The van der Waals surface area contributed by atoms with Gasteiger partial charge >= 0.3 is 6.18 Å². The highest BCUT2D eigenvalue weighted by atomic mass is 19.4. The van der Waals surface area contributed by atoms with E-state index in [-0.39, 0.29) is 12.0 Å². The average molecular weight is 293 g/mol. The fourth-order valence-corrected chi connectivity index (χ4v) is 3.36. The van der Waals surface area contributed by atoms with Gasteiger partial charge in [0.2, 0.25) is 0 Å². The smallest absolute Gasteiger partial charge is 0.340 e. The van der Waals surface area contributed by atoms with Gasteiger partial charge in [-0.2, -0.15) is 13.2 Å². The van der Waals surface area contributed by atoms with E-state index in [2.05, 4.69) is 0 Å². The van der Waals surface area contributed by atoms with Crippen molar-refractivity contribution in [3.05, 3.63) is 71.4 Å². The van der Waals surface area contributed by atoms with Crippen molar-refractivity contribution in [2.24, 2.45) is 11.8 Å². The van der Waals surface area contributed by atoms with E-state index < -0.39 is 23.5 Å². The maximum atomic E-state index is 14.3. The lowest BCUT2D eigenvalue weighted by molar-refractivity contribution is -0.0891. The van der Waals surface area contributed by atoms with Crippen LogP contribution >= 0.6 is 0 Å². The van der Waals surface area contributed by atoms with Crippen LogP contribution < -0.4 is 0 Å². The summed E-state index contributed by atoms with van der Waals surface area (Å²) in [4.78, 5) is 1.93. The molecular formula is C16H11F4N. The zero-order valence-corrected chi connectivity index (χ0v) is 10.8. The molecule has 3 atom stereocenters. The van der Waals surface area contributed by atoms with Crippen molar-refractivity contribution in [3.63, 3.8) is 0 Å². The van der Waals surface area contributed by atoms with Crippen molar-refractivity contribution in [2.75, 3.05) is 0 Å². The van der Waals surface area contributed by atoms with Crippen LogP contribution in [0, 0.1) is 11.8 Å². The molecule has 4 rings (SSSR count). The van der Waals surface area contributed by atoms with E-state index in [4.69, 9.17) is 0 Å². The lowest BCUT2D eigenvalue weighted by Crippen LogP contribution is -2.48. The van der Waals surface area contributed by atoms with E-state index in [9.17, 15) is 17.6 Å². The second-order valence-corrected chi connectivity index (χ2v) is 5.50. The van der Waals surface area contributed by atoms with E-state index in [0.717, 1.165) is 6.08 Å². The van der Waals surface area contributed by atoms with Crippen LogP contribution in [0.25, 0.3) is 0 Å². The van der Waals surface area contributed by atoms with E-state index in [1.54, 1.807) is 12.2 Å². The standard InChI is InChI=1S/C16H11F4N/c17-12-8-9(16(18,19)20)7-11-10-4-5-13(10)21-6-2-1-3-14(21)15(11)12/h1-8,10-11,13H. The summed E-state index contributed by atoms with van der Waals surface area (Å²) in [5.41, 5.74) is 0.116. The average Bonchev–Trinajstić information content (AvgIpc) is 2.36. The highest BCUT2D eigenvalue weighted by molar-refractivity contribution is 5.54. The maximum absolute atomic E-state index is 14.3. The van der Waals surface area contributed by atoms with Gasteiger partial charge in [0, 0.05) is 29.3 Å².